The van der Waals surface area contributed by atoms with Crippen LogP contribution in [0.4, 0.5) is 0 Å². The van der Waals surface area contributed by atoms with E-state index < -0.39 is 0 Å². The van der Waals surface area contributed by atoms with Gasteiger partial charge in [0, 0.05) is 44.8 Å². The van der Waals surface area contributed by atoms with E-state index >= 15 is 0 Å². The lowest BCUT2D eigenvalue weighted by Gasteiger charge is -2.38. The van der Waals surface area contributed by atoms with E-state index in [1.165, 1.54) is 32.6 Å². The Kier molecular flexibility index (Phi) is 4.85. The summed E-state index contributed by atoms with van der Waals surface area (Å²) in [6, 6.07) is 1.05. The van der Waals surface area contributed by atoms with Crippen LogP contribution in [-0.4, -0.2) is 54.6 Å². The molecule has 0 bridgehead atoms. The summed E-state index contributed by atoms with van der Waals surface area (Å²) in [7, 11) is 0. The lowest BCUT2D eigenvalue weighted by molar-refractivity contribution is 0.0979. The molecule has 14 heavy (non-hydrogen) atoms. The van der Waals surface area contributed by atoms with Crippen LogP contribution in [0.25, 0.3) is 0 Å². The van der Waals surface area contributed by atoms with Gasteiger partial charge in [0.05, 0.1) is 0 Å². The average Bonchev–Trinajstić information content (AvgIpc) is 2.17. The van der Waals surface area contributed by atoms with Gasteiger partial charge in [-0.25, -0.2) is 0 Å². The molecular formula is C11H25N3. The highest BCUT2D eigenvalue weighted by Crippen LogP contribution is 2.08. The Morgan fingerprint density at radius 1 is 1.14 bits per heavy atom. The topological polar surface area (TPSA) is 32.5 Å². The summed E-state index contributed by atoms with van der Waals surface area (Å²) >= 11 is 0. The smallest absolute Gasteiger partial charge is 0.0139 e. The first-order chi connectivity index (χ1) is 6.63. The summed E-state index contributed by atoms with van der Waals surface area (Å²) in [5.41, 5.74) is 5.79. The molecular weight excluding hydrogens is 174 g/mol. The molecule has 3 nitrogen and oxygen atoms in total. The molecule has 0 amide bonds. The second kappa shape index (κ2) is 5.69. The lowest BCUT2D eigenvalue weighted by atomic mass is 10.2. The molecule has 0 saturated carbocycles. The molecule has 0 radical (unpaired) electrons. The minimum absolute atomic E-state index is 0.310. The maximum Gasteiger partial charge on any atom is 0.0139 e. The van der Waals surface area contributed by atoms with Crippen LogP contribution in [-0.2, 0) is 0 Å². The second-order valence-electron chi connectivity index (χ2n) is 4.57. The Morgan fingerprint density at radius 2 is 1.71 bits per heavy atom. The number of hydrogen-bond acceptors (Lipinski definition) is 3. The summed E-state index contributed by atoms with van der Waals surface area (Å²) in [6.45, 7) is 12.5. The lowest BCUT2D eigenvalue weighted by Crippen LogP contribution is -2.51. The van der Waals surface area contributed by atoms with Crippen molar-refractivity contribution in [3.8, 4) is 0 Å². The van der Waals surface area contributed by atoms with Crippen molar-refractivity contribution < 1.29 is 0 Å². The third-order valence-electron chi connectivity index (χ3n) is 3.17. The Balaban J connectivity index is 2.24. The second-order valence-corrected chi connectivity index (χ2v) is 4.57. The number of hydrogen-bond donors (Lipinski definition) is 1. The van der Waals surface area contributed by atoms with E-state index in [0.717, 1.165) is 12.6 Å². The van der Waals surface area contributed by atoms with Gasteiger partial charge in [-0.1, -0.05) is 6.92 Å². The van der Waals surface area contributed by atoms with Crippen molar-refractivity contribution >= 4 is 0 Å². The largest absolute Gasteiger partial charge is 0.327 e. The predicted octanol–water partition coefficient (Wildman–Crippen LogP) is 0.750. The molecule has 0 spiro atoms. The summed E-state index contributed by atoms with van der Waals surface area (Å²) < 4.78 is 0. The molecule has 84 valence electrons. The van der Waals surface area contributed by atoms with Gasteiger partial charge in [-0.2, -0.15) is 0 Å². The summed E-state index contributed by atoms with van der Waals surface area (Å²) in [6.07, 6.45) is 1.26. The maximum absolute atomic E-state index is 5.79. The first-order valence-corrected chi connectivity index (χ1v) is 5.85. The molecule has 0 aromatic heterocycles. The van der Waals surface area contributed by atoms with Crippen LogP contribution in [0.2, 0.25) is 0 Å². The normalized spacial score (nSPS) is 24.9. The van der Waals surface area contributed by atoms with E-state index in [0.29, 0.717) is 6.04 Å². The molecule has 0 aliphatic carbocycles. The van der Waals surface area contributed by atoms with E-state index in [9.17, 15) is 0 Å². The molecule has 1 heterocycles. The fourth-order valence-corrected chi connectivity index (χ4v) is 2.05. The van der Waals surface area contributed by atoms with Crippen molar-refractivity contribution in [3.05, 3.63) is 0 Å². The highest BCUT2D eigenvalue weighted by molar-refractivity contribution is 4.76. The highest BCUT2D eigenvalue weighted by Gasteiger charge is 2.20. The van der Waals surface area contributed by atoms with E-state index in [2.05, 4.69) is 30.6 Å². The molecule has 2 N–H and O–H groups in total. The highest BCUT2D eigenvalue weighted by atomic mass is 15.3. The number of rotatable bonds is 4. The van der Waals surface area contributed by atoms with Crippen molar-refractivity contribution in [2.75, 3.05) is 32.7 Å². The Morgan fingerprint density at radius 3 is 2.14 bits per heavy atom. The zero-order valence-corrected chi connectivity index (χ0v) is 9.87. The van der Waals surface area contributed by atoms with Crippen LogP contribution in [0.5, 0.6) is 0 Å². The van der Waals surface area contributed by atoms with Crippen molar-refractivity contribution in [1.29, 1.82) is 0 Å². The summed E-state index contributed by atoms with van der Waals surface area (Å²) in [5, 5.41) is 0. The number of nitrogens with two attached hydrogens (primary N) is 1. The molecule has 2 atom stereocenters. The van der Waals surface area contributed by atoms with Gasteiger partial charge in [0.1, 0.15) is 0 Å². The average molecular weight is 199 g/mol. The quantitative estimate of drug-likeness (QED) is 0.725. The van der Waals surface area contributed by atoms with Crippen molar-refractivity contribution in [2.45, 2.75) is 39.3 Å². The monoisotopic (exact) mass is 199 g/mol. The number of nitrogens with zero attached hydrogens (tertiary/aromatic N) is 2. The zero-order valence-electron chi connectivity index (χ0n) is 9.87. The van der Waals surface area contributed by atoms with Gasteiger partial charge in [0.15, 0.2) is 0 Å². The molecule has 1 unspecified atom stereocenters. The van der Waals surface area contributed by atoms with Crippen LogP contribution >= 0.6 is 0 Å². The van der Waals surface area contributed by atoms with Gasteiger partial charge < -0.3 is 5.73 Å². The van der Waals surface area contributed by atoms with Crippen LogP contribution in [0.3, 0.4) is 0 Å². The van der Waals surface area contributed by atoms with Gasteiger partial charge in [0.25, 0.3) is 0 Å². The molecule has 0 aromatic rings. The standard InChI is InChI=1S/C11H25N3/c1-4-11(3)14-7-5-13(6-8-14)9-10(2)12/h10-11H,4-9,12H2,1-3H3/t10-,11?/m0/s1. The van der Waals surface area contributed by atoms with Gasteiger partial charge in [0.2, 0.25) is 0 Å². The first kappa shape index (κ1) is 12.0. The zero-order chi connectivity index (χ0) is 10.6. The van der Waals surface area contributed by atoms with Crippen LogP contribution in [0.1, 0.15) is 27.2 Å². The minimum atomic E-state index is 0.310. The van der Waals surface area contributed by atoms with Crippen LogP contribution in [0, 0.1) is 0 Å². The van der Waals surface area contributed by atoms with Crippen molar-refractivity contribution in [3.63, 3.8) is 0 Å². The fourth-order valence-electron chi connectivity index (χ4n) is 2.05. The molecule has 1 aliphatic heterocycles. The third-order valence-corrected chi connectivity index (χ3v) is 3.17. The molecule has 1 saturated heterocycles. The Bertz CT molecular complexity index is 151. The first-order valence-electron chi connectivity index (χ1n) is 5.85. The van der Waals surface area contributed by atoms with E-state index in [-0.39, 0.29) is 0 Å². The number of piperazine rings is 1. The van der Waals surface area contributed by atoms with Crippen molar-refractivity contribution in [1.82, 2.24) is 9.80 Å². The molecule has 0 aromatic carbocycles. The molecule has 1 aliphatic rings. The molecule has 1 rings (SSSR count). The minimum Gasteiger partial charge on any atom is -0.327 e. The molecule has 1 fully saturated rings. The van der Waals surface area contributed by atoms with Gasteiger partial charge in [-0.05, 0) is 20.3 Å². The Hall–Kier alpha value is -0.120. The molecule has 3 heteroatoms. The van der Waals surface area contributed by atoms with Gasteiger partial charge >= 0.3 is 0 Å². The summed E-state index contributed by atoms with van der Waals surface area (Å²) in [5.74, 6) is 0. The maximum atomic E-state index is 5.79. The Labute approximate surface area is 88.2 Å². The van der Waals surface area contributed by atoms with Crippen LogP contribution < -0.4 is 5.73 Å². The van der Waals surface area contributed by atoms with Crippen molar-refractivity contribution in [2.24, 2.45) is 5.73 Å². The van der Waals surface area contributed by atoms with Gasteiger partial charge in [-0.15, -0.1) is 0 Å². The van der Waals surface area contributed by atoms with Crippen LogP contribution in [0.15, 0.2) is 0 Å². The third kappa shape index (κ3) is 3.56. The predicted molar refractivity (Wildman–Crippen MR) is 61.4 cm³/mol. The van der Waals surface area contributed by atoms with E-state index in [4.69, 9.17) is 5.73 Å². The fraction of sp³-hybridized carbons (Fsp3) is 1.00. The van der Waals surface area contributed by atoms with Gasteiger partial charge in [-0.3, -0.25) is 9.80 Å². The van der Waals surface area contributed by atoms with E-state index in [1.54, 1.807) is 0 Å². The van der Waals surface area contributed by atoms with E-state index in [1.807, 2.05) is 0 Å². The summed E-state index contributed by atoms with van der Waals surface area (Å²) in [4.78, 5) is 5.06. The SMILES string of the molecule is CCC(C)N1CCN(C[C@H](C)N)CC1.